The predicted molar refractivity (Wildman–Crippen MR) is 153 cm³/mol. The number of aryl methyl sites for hydroxylation is 2. The van der Waals surface area contributed by atoms with Crippen molar-refractivity contribution >= 4 is 0 Å². The SMILES string of the molecule is CCCCCCCCCCc1ccc(OC(F)(F)c2c(F)ccc(Oc3ccc(CCCCC)cc3)c2F)cc1. The standard InChI is InChI=1S/C34H42F4O2/c1-3-5-7-8-9-10-11-13-15-27-18-22-29(23-19-27)40-34(37,38)32-30(35)24-25-31(33(32)36)39-28-20-16-26(17-21-28)14-12-6-4-2/h16-25H,3-15H2,1-2H3. The first-order chi connectivity index (χ1) is 19.3. The third-order valence-electron chi connectivity index (χ3n) is 7.06. The number of hydrogen-bond acceptors (Lipinski definition) is 2. The molecule has 0 unspecified atom stereocenters. The number of ether oxygens (including phenoxy) is 2. The second kappa shape index (κ2) is 16.3. The fraction of sp³-hybridized carbons (Fsp3) is 0.471. The van der Waals surface area contributed by atoms with Crippen molar-refractivity contribution in [3.63, 3.8) is 0 Å². The molecule has 0 heterocycles. The van der Waals surface area contributed by atoms with Gasteiger partial charge < -0.3 is 9.47 Å². The highest BCUT2D eigenvalue weighted by Crippen LogP contribution is 2.39. The molecule has 3 aromatic rings. The van der Waals surface area contributed by atoms with Gasteiger partial charge in [0, 0.05) is 0 Å². The average molecular weight is 559 g/mol. The first kappa shape index (κ1) is 31.5. The molecule has 0 aliphatic rings. The van der Waals surface area contributed by atoms with E-state index in [9.17, 15) is 4.39 Å². The lowest BCUT2D eigenvalue weighted by Gasteiger charge is -2.20. The van der Waals surface area contributed by atoms with Gasteiger partial charge in [-0.3, -0.25) is 0 Å². The molecule has 0 fully saturated rings. The minimum absolute atomic E-state index is 0.173. The van der Waals surface area contributed by atoms with Crippen LogP contribution in [0.4, 0.5) is 17.6 Å². The van der Waals surface area contributed by atoms with E-state index in [1.54, 1.807) is 24.3 Å². The van der Waals surface area contributed by atoms with Crippen molar-refractivity contribution in [1.82, 2.24) is 0 Å². The van der Waals surface area contributed by atoms with Crippen molar-refractivity contribution in [1.29, 1.82) is 0 Å². The van der Waals surface area contributed by atoms with Gasteiger partial charge in [0.2, 0.25) is 0 Å². The summed E-state index contributed by atoms with van der Waals surface area (Å²) in [6, 6.07) is 15.0. The summed E-state index contributed by atoms with van der Waals surface area (Å²) >= 11 is 0. The van der Waals surface area contributed by atoms with E-state index in [0.717, 1.165) is 68.2 Å². The molecule has 0 atom stereocenters. The number of benzene rings is 3. The van der Waals surface area contributed by atoms with Crippen LogP contribution in [0.5, 0.6) is 17.2 Å². The van der Waals surface area contributed by atoms with Crippen LogP contribution >= 0.6 is 0 Å². The zero-order valence-corrected chi connectivity index (χ0v) is 23.8. The van der Waals surface area contributed by atoms with Crippen molar-refractivity contribution in [2.75, 3.05) is 0 Å². The van der Waals surface area contributed by atoms with Crippen LogP contribution in [-0.4, -0.2) is 0 Å². The molecule has 218 valence electrons. The first-order valence-corrected chi connectivity index (χ1v) is 14.7. The highest BCUT2D eigenvalue weighted by Gasteiger charge is 2.42. The molecule has 3 rings (SSSR count). The van der Waals surface area contributed by atoms with Crippen LogP contribution in [0.15, 0.2) is 60.7 Å². The van der Waals surface area contributed by atoms with Gasteiger partial charge in [0.15, 0.2) is 11.6 Å². The van der Waals surface area contributed by atoms with Crippen molar-refractivity contribution in [3.8, 4) is 17.2 Å². The lowest BCUT2D eigenvalue weighted by molar-refractivity contribution is -0.189. The highest BCUT2D eigenvalue weighted by molar-refractivity contribution is 5.39. The lowest BCUT2D eigenvalue weighted by Crippen LogP contribution is -2.25. The number of unbranched alkanes of at least 4 members (excludes halogenated alkanes) is 9. The summed E-state index contributed by atoms with van der Waals surface area (Å²) in [4.78, 5) is 0. The first-order valence-electron chi connectivity index (χ1n) is 14.7. The van der Waals surface area contributed by atoms with E-state index in [-0.39, 0.29) is 11.5 Å². The molecule has 40 heavy (non-hydrogen) atoms. The Balaban J connectivity index is 1.58. The minimum Gasteiger partial charge on any atom is -0.454 e. The Kier molecular flexibility index (Phi) is 12.8. The van der Waals surface area contributed by atoms with E-state index >= 15 is 13.2 Å². The van der Waals surface area contributed by atoms with Crippen LogP contribution in [0, 0.1) is 11.6 Å². The zero-order valence-electron chi connectivity index (χ0n) is 23.8. The van der Waals surface area contributed by atoms with E-state index in [4.69, 9.17) is 9.47 Å². The normalized spacial score (nSPS) is 11.6. The summed E-state index contributed by atoms with van der Waals surface area (Å²) < 4.78 is 69.9. The molecule has 0 aromatic heterocycles. The summed E-state index contributed by atoms with van der Waals surface area (Å²) in [5.41, 5.74) is 0.625. The Labute approximate surface area is 236 Å². The van der Waals surface area contributed by atoms with Crippen LogP contribution in [0.1, 0.15) is 101 Å². The summed E-state index contributed by atoms with van der Waals surface area (Å²) in [6.07, 6.45) is 10.5. The van der Waals surface area contributed by atoms with E-state index < -0.39 is 29.1 Å². The van der Waals surface area contributed by atoms with Crippen LogP contribution < -0.4 is 9.47 Å². The molecule has 0 saturated heterocycles. The minimum atomic E-state index is -4.24. The average Bonchev–Trinajstić information content (AvgIpc) is 2.93. The molecule has 0 spiro atoms. The van der Waals surface area contributed by atoms with E-state index in [0.29, 0.717) is 0 Å². The summed E-state index contributed by atoms with van der Waals surface area (Å²) in [5.74, 6) is -3.31. The molecule has 2 nitrogen and oxygen atoms in total. The fourth-order valence-corrected chi connectivity index (χ4v) is 4.70. The quantitative estimate of drug-likeness (QED) is 0.114. The van der Waals surface area contributed by atoms with Crippen LogP contribution in [0.25, 0.3) is 0 Å². The third-order valence-corrected chi connectivity index (χ3v) is 7.06. The van der Waals surface area contributed by atoms with Crippen LogP contribution in [-0.2, 0) is 19.0 Å². The van der Waals surface area contributed by atoms with Crippen LogP contribution in [0.3, 0.4) is 0 Å². The Morgan fingerprint density at radius 3 is 1.62 bits per heavy atom. The van der Waals surface area contributed by atoms with Crippen LogP contribution in [0.2, 0.25) is 0 Å². The Bertz CT molecular complexity index is 1140. The second-order valence-corrected chi connectivity index (χ2v) is 10.4. The van der Waals surface area contributed by atoms with Gasteiger partial charge >= 0.3 is 6.11 Å². The van der Waals surface area contributed by atoms with Gasteiger partial charge in [-0.25, -0.2) is 8.78 Å². The number of halogens is 4. The molecule has 0 saturated carbocycles. The maximum absolute atomic E-state index is 15.1. The van der Waals surface area contributed by atoms with Gasteiger partial charge in [-0.2, -0.15) is 8.78 Å². The molecule has 0 amide bonds. The van der Waals surface area contributed by atoms with Gasteiger partial charge in [0.25, 0.3) is 0 Å². The molecular formula is C34H42F4O2. The van der Waals surface area contributed by atoms with Gasteiger partial charge in [0.05, 0.1) is 0 Å². The maximum Gasteiger partial charge on any atom is 0.432 e. The second-order valence-electron chi connectivity index (χ2n) is 10.4. The third kappa shape index (κ3) is 9.87. The predicted octanol–water partition coefficient (Wildman–Crippen LogP) is 11.3. The largest absolute Gasteiger partial charge is 0.454 e. The molecule has 0 N–H and O–H groups in total. The number of alkyl halides is 2. The monoisotopic (exact) mass is 558 g/mol. The van der Waals surface area contributed by atoms with Crippen molar-refractivity contribution < 1.29 is 27.0 Å². The summed E-state index contributed by atoms with van der Waals surface area (Å²) in [7, 11) is 0. The number of hydrogen-bond donors (Lipinski definition) is 0. The van der Waals surface area contributed by atoms with Gasteiger partial charge in [-0.05, 0) is 73.2 Å². The molecule has 3 aromatic carbocycles. The Morgan fingerprint density at radius 1 is 0.575 bits per heavy atom. The Morgan fingerprint density at radius 2 is 1.05 bits per heavy atom. The number of rotatable bonds is 18. The molecule has 6 heteroatoms. The zero-order chi connectivity index (χ0) is 28.8. The van der Waals surface area contributed by atoms with E-state index in [1.165, 1.54) is 50.7 Å². The lowest BCUT2D eigenvalue weighted by atomic mass is 10.0. The molecule has 0 aliphatic heterocycles. The van der Waals surface area contributed by atoms with Crippen molar-refractivity contribution in [3.05, 3.63) is 89.0 Å². The summed E-state index contributed by atoms with van der Waals surface area (Å²) in [5, 5.41) is 0. The fourth-order valence-electron chi connectivity index (χ4n) is 4.70. The molecular weight excluding hydrogens is 516 g/mol. The molecule has 0 radical (unpaired) electrons. The maximum atomic E-state index is 15.1. The van der Waals surface area contributed by atoms with E-state index in [2.05, 4.69) is 13.8 Å². The van der Waals surface area contributed by atoms with Gasteiger partial charge in [-0.1, -0.05) is 95.9 Å². The van der Waals surface area contributed by atoms with Crippen molar-refractivity contribution in [2.24, 2.45) is 0 Å². The Hall–Kier alpha value is -3.02. The van der Waals surface area contributed by atoms with Gasteiger partial charge in [0.1, 0.15) is 22.9 Å². The highest BCUT2D eigenvalue weighted by atomic mass is 19.3. The molecule has 0 bridgehead atoms. The van der Waals surface area contributed by atoms with Crippen molar-refractivity contribution in [2.45, 2.75) is 103 Å². The van der Waals surface area contributed by atoms with E-state index in [1.807, 2.05) is 12.1 Å². The molecule has 0 aliphatic carbocycles. The van der Waals surface area contributed by atoms with Gasteiger partial charge in [-0.15, -0.1) is 0 Å². The summed E-state index contributed by atoms with van der Waals surface area (Å²) in [6.45, 7) is 4.34. The smallest absolute Gasteiger partial charge is 0.432 e. The topological polar surface area (TPSA) is 18.5 Å².